The number of benzene rings is 2. The monoisotopic (exact) mass is 518 g/mol. The first kappa shape index (κ1) is 27.4. The van der Waals surface area contributed by atoms with Gasteiger partial charge in [-0.25, -0.2) is 0 Å². The third kappa shape index (κ3) is 6.07. The van der Waals surface area contributed by atoms with Gasteiger partial charge in [0.15, 0.2) is 0 Å². The minimum atomic E-state index is -1.15. The number of nitrogens with zero attached hydrogens (tertiary/aromatic N) is 1. The first-order valence-electron chi connectivity index (χ1n) is 13.3. The number of nitrogens with one attached hydrogen (secondary N) is 2. The zero-order valence-electron chi connectivity index (χ0n) is 22.5. The van der Waals surface area contributed by atoms with E-state index in [4.69, 9.17) is 10.5 Å². The summed E-state index contributed by atoms with van der Waals surface area (Å²) in [5.74, 6) is -0.926. The summed E-state index contributed by atoms with van der Waals surface area (Å²) in [7, 11) is 0. The highest BCUT2D eigenvalue weighted by Crippen LogP contribution is 2.36. The summed E-state index contributed by atoms with van der Waals surface area (Å²) in [6, 6.07) is 16.8. The molecular formula is C30H38N4O4. The quantitative estimate of drug-likeness (QED) is 0.376. The van der Waals surface area contributed by atoms with E-state index in [1.165, 1.54) is 0 Å². The number of fused-ring (bicyclic) bond motifs is 1. The number of hydrogen-bond acceptors (Lipinski definition) is 5. The van der Waals surface area contributed by atoms with Crippen LogP contribution in [0.15, 0.2) is 60.8 Å². The Morgan fingerprint density at radius 2 is 1.84 bits per heavy atom. The number of H-pyrrole nitrogens is 1. The number of para-hydroxylation sites is 1. The van der Waals surface area contributed by atoms with Crippen molar-refractivity contribution in [2.45, 2.75) is 58.0 Å². The highest BCUT2D eigenvalue weighted by Gasteiger charge is 2.46. The number of nitrogens with two attached hydrogens (primary N) is 1. The molecule has 0 spiro atoms. The number of amides is 2. The Labute approximate surface area is 223 Å². The van der Waals surface area contributed by atoms with Crippen LogP contribution in [0.25, 0.3) is 10.9 Å². The van der Waals surface area contributed by atoms with E-state index in [2.05, 4.69) is 10.3 Å². The molecule has 202 valence electrons. The van der Waals surface area contributed by atoms with E-state index in [-0.39, 0.29) is 25.0 Å². The lowest BCUT2D eigenvalue weighted by Crippen LogP contribution is -2.59. The van der Waals surface area contributed by atoms with Gasteiger partial charge in [0.1, 0.15) is 6.04 Å². The lowest BCUT2D eigenvalue weighted by molar-refractivity contribution is -0.161. The Bertz CT molecular complexity index is 1280. The van der Waals surface area contributed by atoms with E-state index < -0.39 is 22.9 Å². The Morgan fingerprint density at radius 1 is 1.13 bits per heavy atom. The van der Waals surface area contributed by atoms with Crippen LogP contribution in [0.4, 0.5) is 0 Å². The molecule has 2 aromatic carbocycles. The van der Waals surface area contributed by atoms with Crippen LogP contribution in [0.2, 0.25) is 0 Å². The maximum absolute atomic E-state index is 14.1. The van der Waals surface area contributed by atoms with E-state index >= 15 is 0 Å². The number of esters is 1. The van der Waals surface area contributed by atoms with Gasteiger partial charge < -0.3 is 25.7 Å². The highest BCUT2D eigenvalue weighted by atomic mass is 16.5. The largest absolute Gasteiger partial charge is 0.466 e. The maximum Gasteiger partial charge on any atom is 0.314 e. The van der Waals surface area contributed by atoms with E-state index in [0.717, 1.165) is 22.0 Å². The summed E-state index contributed by atoms with van der Waals surface area (Å²) >= 11 is 0. The zero-order chi connectivity index (χ0) is 27.3. The molecule has 0 radical (unpaired) electrons. The summed E-state index contributed by atoms with van der Waals surface area (Å²) in [6.45, 7) is 6.02. The van der Waals surface area contributed by atoms with Crippen molar-refractivity contribution in [3.8, 4) is 0 Å². The van der Waals surface area contributed by atoms with Crippen molar-refractivity contribution in [2.24, 2.45) is 11.1 Å². The van der Waals surface area contributed by atoms with Gasteiger partial charge in [0.25, 0.3) is 0 Å². The lowest BCUT2D eigenvalue weighted by atomic mass is 9.75. The highest BCUT2D eigenvalue weighted by molar-refractivity contribution is 5.93. The predicted molar refractivity (Wildman–Crippen MR) is 147 cm³/mol. The molecule has 2 atom stereocenters. The molecule has 4 N–H and O–H groups in total. The fraction of sp³-hybridized carbons (Fsp3) is 0.433. The number of ether oxygens (including phenoxy) is 1. The number of aromatic nitrogens is 1. The second-order valence-electron chi connectivity index (χ2n) is 10.8. The fourth-order valence-corrected chi connectivity index (χ4v) is 5.26. The van der Waals surface area contributed by atoms with Crippen LogP contribution in [0.5, 0.6) is 0 Å². The van der Waals surface area contributed by atoms with Gasteiger partial charge in [-0.05, 0) is 57.2 Å². The van der Waals surface area contributed by atoms with Crippen molar-refractivity contribution in [3.63, 3.8) is 0 Å². The van der Waals surface area contributed by atoms with Crippen molar-refractivity contribution >= 4 is 28.7 Å². The molecule has 1 aliphatic heterocycles. The fourth-order valence-electron chi connectivity index (χ4n) is 5.26. The molecule has 0 bridgehead atoms. The number of carbonyl (C=O) groups is 3. The average Bonchev–Trinajstić information content (AvgIpc) is 3.31. The lowest BCUT2D eigenvalue weighted by Gasteiger charge is -2.42. The first-order chi connectivity index (χ1) is 18.1. The molecule has 8 nitrogen and oxygen atoms in total. The van der Waals surface area contributed by atoms with Crippen LogP contribution >= 0.6 is 0 Å². The predicted octanol–water partition coefficient (Wildman–Crippen LogP) is 3.35. The van der Waals surface area contributed by atoms with E-state index in [9.17, 15) is 14.4 Å². The van der Waals surface area contributed by atoms with Gasteiger partial charge in [0.05, 0.1) is 17.6 Å². The smallest absolute Gasteiger partial charge is 0.314 e. The van der Waals surface area contributed by atoms with Crippen molar-refractivity contribution < 1.29 is 19.1 Å². The molecule has 3 aromatic rings. The molecule has 1 saturated heterocycles. The second kappa shape index (κ2) is 11.4. The Balaban J connectivity index is 1.63. The van der Waals surface area contributed by atoms with E-state index in [1.807, 2.05) is 60.8 Å². The van der Waals surface area contributed by atoms with Crippen molar-refractivity contribution in [1.29, 1.82) is 0 Å². The molecule has 2 unspecified atom stereocenters. The van der Waals surface area contributed by atoms with Crippen LogP contribution in [0, 0.1) is 5.41 Å². The topological polar surface area (TPSA) is 118 Å². The SMILES string of the molecule is CCOC(=O)C1(Cc2ccccc2)CCCN(C(=O)C(Cc2c[nH]c3ccccc23)NC(=O)C(C)(C)N)C1. The molecular weight excluding hydrogens is 480 g/mol. The van der Waals surface area contributed by atoms with Crippen molar-refractivity contribution in [1.82, 2.24) is 15.2 Å². The van der Waals surface area contributed by atoms with E-state index in [0.29, 0.717) is 32.2 Å². The zero-order valence-corrected chi connectivity index (χ0v) is 22.5. The summed E-state index contributed by atoms with van der Waals surface area (Å²) in [5.41, 5.74) is 6.96. The number of likely N-dealkylation sites (tertiary alicyclic amines) is 1. The molecule has 0 saturated carbocycles. The summed E-state index contributed by atoms with van der Waals surface area (Å²) in [5, 5.41) is 3.90. The maximum atomic E-state index is 14.1. The molecule has 2 heterocycles. The third-order valence-corrected chi connectivity index (χ3v) is 7.27. The standard InChI is InChI=1S/C30H38N4O4/c1-4-38-28(37)30(18-21-11-6-5-7-12-21)15-10-16-34(20-30)26(35)25(33-27(36)29(2,3)31)17-22-19-32-24-14-9-8-13-23(22)24/h5-9,11-14,19,25,32H,4,10,15-18,20,31H2,1-3H3,(H,33,36). The Morgan fingerprint density at radius 3 is 2.55 bits per heavy atom. The van der Waals surface area contributed by atoms with Gasteiger partial charge in [-0.3, -0.25) is 14.4 Å². The molecule has 4 rings (SSSR count). The minimum absolute atomic E-state index is 0.227. The van der Waals surface area contributed by atoms with Crippen LogP contribution < -0.4 is 11.1 Å². The first-order valence-corrected chi connectivity index (χ1v) is 13.3. The van der Waals surface area contributed by atoms with Crippen LogP contribution in [-0.2, 0) is 32.0 Å². The van der Waals surface area contributed by atoms with Gasteiger partial charge in [-0.15, -0.1) is 0 Å². The van der Waals surface area contributed by atoms with Crippen LogP contribution in [-0.4, -0.2) is 58.9 Å². The summed E-state index contributed by atoms with van der Waals surface area (Å²) < 4.78 is 5.52. The van der Waals surface area contributed by atoms with Gasteiger partial charge in [-0.2, -0.15) is 0 Å². The van der Waals surface area contributed by atoms with Crippen molar-refractivity contribution in [2.75, 3.05) is 19.7 Å². The molecule has 1 aliphatic rings. The molecule has 38 heavy (non-hydrogen) atoms. The van der Waals surface area contributed by atoms with Gasteiger partial charge >= 0.3 is 5.97 Å². The molecule has 8 heteroatoms. The molecule has 2 amide bonds. The molecule has 0 aliphatic carbocycles. The second-order valence-corrected chi connectivity index (χ2v) is 10.8. The van der Waals surface area contributed by atoms with Crippen LogP contribution in [0.1, 0.15) is 44.7 Å². The number of aromatic amines is 1. The number of piperidine rings is 1. The van der Waals surface area contributed by atoms with Crippen LogP contribution in [0.3, 0.4) is 0 Å². The third-order valence-electron chi connectivity index (χ3n) is 7.27. The number of rotatable bonds is 9. The summed E-state index contributed by atoms with van der Waals surface area (Å²) in [4.78, 5) is 45.3. The van der Waals surface area contributed by atoms with Gasteiger partial charge in [-0.1, -0.05) is 48.5 Å². The number of carbonyl (C=O) groups excluding carboxylic acids is 3. The Hall–Kier alpha value is -3.65. The molecule has 1 aromatic heterocycles. The Kier molecular flexibility index (Phi) is 8.21. The van der Waals surface area contributed by atoms with E-state index in [1.54, 1.807) is 25.7 Å². The van der Waals surface area contributed by atoms with Gasteiger partial charge in [0, 0.05) is 36.6 Å². The molecule has 1 fully saturated rings. The van der Waals surface area contributed by atoms with Gasteiger partial charge in [0.2, 0.25) is 11.8 Å². The minimum Gasteiger partial charge on any atom is -0.466 e. The number of hydrogen-bond donors (Lipinski definition) is 3. The average molecular weight is 519 g/mol. The normalized spacial score (nSPS) is 18.7. The summed E-state index contributed by atoms with van der Waals surface area (Å²) in [6.07, 6.45) is 3.94. The van der Waals surface area contributed by atoms with Crippen molar-refractivity contribution in [3.05, 3.63) is 71.9 Å².